The molecule has 3 rings (SSSR count). The van der Waals surface area contributed by atoms with Crippen LogP contribution in [0.2, 0.25) is 0 Å². The fraction of sp³-hybridized carbons (Fsp3) is 0.211. The summed E-state index contributed by atoms with van der Waals surface area (Å²) in [4.78, 5) is 10.7. The Kier molecular flexibility index (Phi) is 6.17. The van der Waals surface area contributed by atoms with Crippen LogP contribution in [-0.4, -0.2) is 37.0 Å². The van der Waals surface area contributed by atoms with E-state index < -0.39 is 14.9 Å². The van der Waals surface area contributed by atoms with Gasteiger partial charge in [0.15, 0.2) is 0 Å². The number of allylic oxidation sites excluding steroid dienone is 1. The number of hydrogen-bond acceptors (Lipinski definition) is 6. The summed E-state index contributed by atoms with van der Waals surface area (Å²) in [5.74, 6) is 0. The van der Waals surface area contributed by atoms with Gasteiger partial charge in [-0.2, -0.15) is 9.41 Å². The minimum absolute atomic E-state index is 0.0837. The second-order valence-electron chi connectivity index (χ2n) is 6.21. The predicted molar refractivity (Wildman–Crippen MR) is 109 cm³/mol. The van der Waals surface area contributed by atoms with Gasteiger partial charge in [0, 0.05) is 25.4 Å². The Morgan fingerprint density at radius 2 is 1.82 bits per heavy atom. The summed E-state index contributed by atoms with van der Waals surface area (Å²) in [7, 11) is -3.72. The van der Waals surface area contributed by atoms with Crippen LogP contribution in [0.3, 0.4) is 0 Å². The molecule has 1 N–H and O–H groups in total. The van der Waals surface area contributed by atoms with Crippen LogP contribution in [0.5, 0.6) is 0 Å². The standard InChI is InChI=1S/C19H20N4O4S/c24-23(25)19-15-17(28(26,27)22-13-4-5-14-22)10-11-18(19)21-20-12-6-9-16-7-2-1-3-8-16/h1-3,6-12,15,21H,4-5,13-14H2/b9-6+,20-12+. The molecule has 1 fully saturated rings. The first-order valence-electron chi connectivity index (χ1n) is 8.78. The largest absolute Gasteiger partial charge is 0.295 e. The quantitative estimate of drug-likeness (QED) is 0.435. The van der Waals surface area contributed by atoms with Crippen LogP contribution in [0.1, 0.15) is 18.4 Å². The molecule has 0 aromatic heterocycles. The number of nitrogens with zero attached hydrogens (tertiary/aromatic N) is 3. The van der Waals surface area contributed by atoms with Gasteiger partial charge in [0.25, 0.3) is 5.69 Å². The summed E-state index contributed by atoms with van der Waals surface area (Å²) >= 11 is 0. The van der Waals surface area contributed by atoms with Crippen molar-refractivity contribution in [2.24, 2.45) is 5.10 Å². The topological polar surface area (TPSA) is 105 Å². The molecule has 9 heteroatoms. The Morgan fingerprint density at radius 3 is 2.50 bits per heavy atom. The lowest BCUT2D eigenvalue weighted by Gasteiger charge is -2.15. The predicted octanol–water partition coefficient (Wildman–Crippen LogP) is 3.49. The van der Waals surface area contributed by atoms with E-state index in [9.17, 15) is 18.5 Å². The average Bonchev–Trinajstić information content (AvgIpc) is 3.24. The highest BCUT2D eigenvalue weighted by Crippen LogP contribution is 2.30. The van der Waals surface area contributed by atoms with Crippen molar-refractivity contribution in [3.63, 3.8) is 0 Å². The molecule has 0 unspecified atom stereocenters. The number of nitro benzene ring substituents is 1. The van der Waals surface area contributed by atoms with Gasteiger partial charge in [0.1, 0.15) is 5.69 Å². The number of sulfonamides is 1. The molecule has 0 bridgehead atoms. The first-order chi connectivity index (χ1) is 13.5. The molecular formula is C19H20N4O4S. The van der Waals surface area contributed by atoms with Gasteiger partial charge < -0.3 is 0 Å². The van der Waals surface area contributed by atoms with Crippen LogP contribution >= 0.6 is 0 Å². The van der Waals surface area contributed by atoms with E-state index in [-0.39, 0.29) is 16.3 Å². The second kappa shape index (κ2) is 8.77. The third kappa shape index (κ3) is 4.62. The molecule has 0 amide bonds. The summed E-state index contributed by atoms with van der Waals surface area (Å²) in [5.41, 5.74) is 3.37. The minimum Gasteiger partial charge on any atom is -0.272 e. The third-order valence-electron chi connectivity index (χ3n) is 4.30. The average molecular weight is 400 g/mol. The zero-order valence-corrected chi connectivity index (χ0v) is 15.9. The number of hydrogen-bond donors (Lipinski definition) is 1. The Labute approximate surface area is 163 Å². The van der Waals surface area contributed by atoms with E-state index in [2.05, 4.69) is 10.5 Å². The summed E-state index contributed by atoms with van der Waals surface area (Å²) in [6, 6.07) is 13.4. The lowest BCUT2D eigenvalue weighted by molar-refractivity contribution is -0.384. The third-order valence-corrected chi connectivity index (χ3v) is 6.20. The van der Waals surface area contributed by atoms with Crippen molar-refractivity contribution in [3.05, 3.63) is 70.3 Å². The zero-order valence-electron chi connectivity index (χ0n) is 15.1. The Bertz CT molecular complexity index is 998. The molecule has 0 saturated carbocycles. The maximum atomic E-state index is 12.6. The molecule has 1 aliphatic rings. The van der Waals surface area contributed by atoms with Crippen LogP contribution in [0, 0.1) is 10.1 Å². The highest BCUT2D eigenvalue weighted by atomic mass is 32.2. The minimum atomic E-state index is -3.72. The van der Waals surface area contributed by atoms with Crippen molar-refractivity contribution in [3.8, 4) is 0 Å². The highest BCUT2D eigenvalue weighted by Gasteiger charge is 2.29. The number of nitrogens with one attached hydrogen (secondary N) is 1. The summed E-state index contributed by atoms with van der Waals surface area (Å²) in [6.45, 7) is 0.877. The molecule has 146 valence electrons. The van der Waals surface area contributed by atoms with Crippen molar-refractivity contribution in [2.45, 2.75) is 17.7 Å². The van der Waals surface area contributed by atoms with Crippen LogP contribution in [0.25, 0.3) is 6.08 Å². The first-order valence-corrected chi connectivity index (χ1v) is 10.2. The molecule has 28 heavy (non-hydrogen) atoms. The summed E-state index contributed by atoms with van der Waals surface area (Å²) in [5, 5.41) is 15.3. The van der Waals surface area contributed by atoms with Crippen LogP contribution < -0.4 is 5.43 Å². The van der Waals surface area contributed by atoms with Gasteiger partial charge >= 0.3 is 0 Å². The van der Waals surface area contributed by atoms with Gasteiger partial charge in [-0.1, -0.05) is 36.4 Å². The molecule has 2 aromatic rings. The molecule has 1 heterocycles. The van der Waals surface area contributed by atoms with Crippen LogP contribution in [0.15, 0.2) is 64.6 Å². The normalized spacial score (nSPS) is 15.4. The molecule has 0 atom stereocenters. The fourth-order valence-corrected chi connectivity index (χ4v) is 4.40. The SMILES string of the molecule is O=[N+]([O-])c1cc(S(=O)(=O)N2CCCC2)ccc1N/N=C/C=C/c1ccccc1. The smallest absolute Gasteiger partial charge is 0.272 e. The second-order valence-corrected chi connectivity index (χ2v) is 8.14. The molecular weight excluding hydrogens is 380 g/mol. The van der Waals surface area contributed by atoms with E-state index in [1.807, 2.05) is 36.4 Å². The summed E-state index contributed by atoms with van der Waals surface area (Å²) < 4.78 is 26.6. The van der Waals surface area contributed by atoms with Crippen molar-refractivity contribution >= 4 is 33.7 Å². The molecule has 0 radical (unpaired) electrons. The maximum Gasteiger partial charge on any atom is 0.295 e. The Hall–Kier alpha value is -3.04. The first kappa shape index (κ1) is 19.7. The molecule has 0 spiro atoms. The molecule has 0 aliphatic carbocycles. The summed E-state index contributed by atoms with van der Waals surface area (Å²) in [6.07, 6.45) is 6.59. The molecule has 2 aromatic carbocycles. The van der Waals surface area contributed by atoms with Crippen molar-refractivity contribution in [2.75, 3.05) is 18.5 Å². The van der Waals surface area contributed by atoms with Crippen molar-refractivity contribution in [1.82, 2.24) is 4.31 Å². The van der Waals surface area contributed by atoms with Crippen LogP contribution in [-0.2, 0) is 10.0 Å². The van der Waals surface area contributed by atoms with Crippen molar-refractivity contribution in [1.29, 1.82) is 0 Å². The van der Waals surface area contributed by atoms with E-state index in [1.54, 1.807) is 6.08 Å². The highest BCUT2D eigenvalue weighted by molar-refractivity contribution is 7.89. The molecule has 1 aliphatic heterocycles. The van der Waals surface area contributed by atoms with E-state index >= 15 is 0 Å². The van der Waals surface area contributed by atoms with Gasteiger partial charge in [-0.15, -0.1) is 0 Å². The van der Waals surface area contributed by atoms with E-state index in [1.165, 1.54) is 22.7 Å². The lowest BCUT2D eigenvalue weighted by Crippen LogP contribution is -2.27. The van der Waals surface area contributed by atoms with Gasteiger partial charge in [-0.3, -0.25) is 15.5 Å². The lowest BCUT2D eigenvalue weighted by atomic mass is 10.2. The zero-order chi connectivity index (χ0) is 20.0. The number of hydrazone groups is 1. The number of benzene rings is 2. The van der Waals surface area contributed by atoms with Gasteiger partial charge in [-0.05, 0) is 36.6 Å². The van der Waals surface area contributed by atoms with E-state index in [0.29, 0.717) is 13.1 Å². The Balaban J connectivity index is 1.75. The fourth-order valence-electron chi connectivity index (χ4n) is 2.86. The van der Waals surface area contributed by atoms with Gasteiger partial charge in [-0.25, -0.2) is 8.42 Å². The maximum absolute atomic E-state index is 12.6. The number of rotatable bonds is 7. The van der Waals surface area contributed by atoms with E-state index in [0.717, 1.165) is 24.5 Å². The number of nitro groups is 1. The molecule has 1 saturated heterocycles. The molecule has 8 nitrogen and oxygen atoms in total. The van der Waals surface area contributed by atoms with Gasteiger partial charge in [0.05, 0.1) is 9.82 Å². The van der Waals surface area contributed by atoms with Crippen molar-refractivity contribution < 1.29 is 13.3 Å². The van der Waals surface area contributed by atoms with E-state index in [4.69, 9.17) is 0 Å². The Morgan fingerprint density at radius 1 is 1.11 bits per heavy atom. The van der Waals surface area contributed by atoms with Crippen LogP contribution in [0.4, 0.5) is 11.4 Å². The van der Waals surface area contributed by atoms with Gasteiger partial charge in [0.2, 0.25) is 10.0 Å². The monoisotopic (exact) mass is 400 g/mol. The number of anilines is 1.